The molecular formula is C6H9N3O2. The summed E-state index contributed by atoms with van der Waals surface area (Å²) in [4.78, 5) is 0. The number of hydrazone groups is 1. The Morgan fingerprint density at radius 1 is 1.82 bits per heavy atom. The Balaban J connectivity index is 2.76. The van der Waals surface area contributed by atoms with E-state index in [0.717, 1.165) is 0 Å². The minimum Gasteiger partial charge on any atom is -0.393 e. The molecule has 0 saturated heterocycles. The number of nitrogens with zero attached hydrogens (tertiary/aromatic N) is 2. The van der Waals surface area contributed by atoms with Crippen LogP contribution in [0, 0.1) is 17.2 Å². The molecule has 0 amide bonds. The smallest absolute Gasteiger partial charge is 0.151 e. The predicted molar refractivity (Wildman–Crippen MR) is 37.4 cm³/mol. The zero-order valence-electron chi connectivity index (χ0n) is 6.02. The van der Waals surface area contributed by atoms with Gasteiger partial charge in [0.2, 0.25) is 0 Å². The monoisotopic (exact) mass is 155 g/mol. The van der Waals surface area contributed by atoms with Crippen molar-refractivity contribution in [2.45, 2.75) is 19.3 Å². The molecule has 5 nitrogen and oxygen atoms in total. The Kier molecular flexibility index (Phi) is 2.08. The highest BCUT2D eigenvalue weighted by molar-refractivity contribution is 6.01. The van der Waals surface area contributed by atoms with Crippen molar-refractivity contribution in [1.29, 1.82) is 5.26 Å². The Morgan fingerprint density at radius 3 is 2.82 bits per heavy atom. The second kappa shape index (κ2) is 2.86. The van der Waals surface area contributed by atoms with Gasteiger partial charge < -0.3 is 10.2 Å². The first-order valence-electron chi connectivity index (χ1n) is 3.26. The molecule has 1 heterocycles. The third kappa shape index (κ3) is 1.31. The standard InChI is InChI=1S/C6H9N3O2/c1-3(10)5-4(2-7)8-9-6(5)11/h3,5-6,9-11H,1H3. The second-order valence-electron chi connectivity index (χ2n) is 2.45. The molecule has 0 fully saturated rings. The largest absolute Gasteiger partial charge is 0.393 e. The summed E-state index contributed by atoms with van der Waals surface area (Å²) in [6, 6.07) is 1.79. The van der Waals surface area contributed by atoms with E-state index in [1.54, 1.807) is 6.07 Å². The molecule has 60 valence electrons. The molecule has 5 heteroatoms. The van der Waals surface area contributed by atoms with Crippen LogP contribution in [-0.2, 0) is 0 Å². The summed E-state index contributed by atoms with van der Waals surface area (Å²) < 4.78 is 0. The average molecular weight is 155 g/mol. The van der Waals surface area contributed by atoms with Crippen LogP contribution >= 0.6 is 0 Å². The lowest BCUT2D eigenvalue weighted by Gasteiger charge is -2.15. The van der Waals surface area contributed by atoms with Crippen LogP contribution in [0.3, 0.4) is 0 Å². The molecule has 0 spiro atoms. The maximum absolute atomic E-state index is 9.12. The summed E-state index contributed by atoms with van der Waals surface area (Å²) in [5.74, 6) is -0.597. The van der Waals surface area contributed by atoms with Crippen molar-refractivity contribution in [3.63, 3.8) is 0 Å². The molecule has 1 aliphatic rings. The van der Waals surface area contributed by atoms with Crippen LogP contribution in [0.5, 0.6) is 0 Å². The lowest BCUT2D eigenvalue weighted by atomic mass is 9.98. The van der Waals surface area contributed by atoms with E-state index in [2.05, 4.69) is 10.5 Å². The third-order valence-corrected chi connectivity index (χ3v) is 1.61. The minimum atomic E-state index is -0.940. The summed E-state index contributed by atoms with van der Waals surface area (Å²) in [5.41, 5.74) is 2.46. The molecular weight excluding hydrogens is 146 g/mol. The van der Waals surface area contributed by atoms with Crippen molar-refractivity contribution in [1.82, 2.24) is 5.43 Å². The second-order valence-corrected chi connectivity index (χ2v) is 2.45. The fraction of sp³-hybridized carbons (Fsp3) is 0.667. The van der Waals surface area contributed by atoms with Gasteiger partial charge in [0.25, 0.3) is 0 Å². The van der Waals surface area contributed by atoms with E-state index in [1.807, 2.05) is 0 Å². The van der Waals surface area contributed by atoms with Crippen molar-refractivity contribution in [3.8, 4) is 6.07 Å². The van der Waals surface area contributed by atoms with Crippen LogP contribution in [0.2, 0.25) is 0 Å². The molecule has 3 N–H and O–H groups in total. The van der Waals surface area contributed by atoms with Gasteiger partial charge in [-0.05, 0) is 6.92 Å². The lowest BCUT2D eigenvalue weighted by molar-refractivity contribution is 0.0485. The van der Waals surface area contributed by atoms with Gasteiger partial charge in [-0.1, -0.05) is 0 Å². The molecule has 0 radical (unpaired) electrons. The topological polar surface area (TPSA) is 88.6 Å². The van der Waals surface area contributed by atoms with Gasteiger partial charge in [0.1, 0.15) is 11.8 Å². The molecule has 0 saturated carbocycles. The maximum atomic E-state index is 9.12. The first kappa shape index (κ1) is 7.98. The third-order valence-electron chi connectivity index (χ3n) is 1.61. The molecule has 0 aromatic rings. The highest BCUT2D eigenvalue weighted by Gasteiger charge is 2.33. The zero-order chi connectivity index (χ0) is 8.43. The van der Waals surface area contributed by atoms with Gasteiger partial charge in [-0.15, -0.1) is 0 Å². The lowest BCUT2D eigenvalue weighted by Crippen LogP contribution is -2.36. The Hall–Kier alpha value is -1.12. The quantitative estimate of drug-likeness (QED) is 0.443. The van der Waals surface area contributed by atoms with Crippen LogP contribution in [-0.4, -0.2) is 28.3 Å². The van der Waals surface area contributed by atoms with E-state index in [1.165, 1.54) is 6.92 Å². The molecule has 11 heavy (non-hydrogen) atoms. The molecule has 0 aromatic heterocycles. The van der Waals surface area contributed by atoms with Crippen molar-refractivity contribution < 1.29 is 10.2 Å². The molecule has 0 aliphatic carbocycles. The zero-order valence-corrected chi connectivity index (χ0v) is 6.02. The van der Waals surface area contributed by atoms with Crippen molar-refractivity contribution in [2.75, 3.05) is 0 Å². The first-order valence-corrected chi connectivity index (χ1v) is 3.26. The fourth-order valence-corrected chi connectivity index (χ4v) is 1.03. The molecule has 1 rings (SSSR count). The van der Waals surface area contributed by atoms with E-state index in [9.17, 15) is 0 Å². The van der Waals surface area contributed by atoms with Gasteiger partial charge >= 0.3 is 0 Å². The predicted octanol–water partition coefficient (Wildman–Crippen LogP) is -1.22. The van der Waals surface area contributed by atoms with E-state index >= 15 is 0 Å². The number of hydrogen-bond donors (Lipinski definition) is 3. The number of nitrogens with one attached hydrogen (secondary N) is 1. The van der Waals surface area contributed by atoms with Crippen LogP contribution in [0.4, 0.5) is 0 Å². The van der Waals surface area contributed by atoms with E-state index in [-0.39, 0.29) is 5.71 Å². The molecule has 0 aromatic carbocycles. The summed E-state index contributed by atoms with van der Waals surface area (Å²) >= 11 is 0. The van der Waals surface area contributed by atoms with Crippen LogP contribution in [0.25, 0.3) is 0 Å². The molecule has 0 bridgehead atoms. The summed E-state index contributed by atoms with van der Waals surface area (Å²) in [5, 5.41) is 30.2. The number of aliphatic hydroxyl groups excluding tert-OH is 2. The van der Waals surface area contributed by atoms with Crippen LogP contribution in [0.1, 0.15) is 6.92 Å². The first-order chi connectivity index (χ1) is 5.16. The SMILES string of the molecule is CC(O)C1C(C#N)=NNC1O. The van der Waals surface area contributed by atoms with Crippen LogP contribution in [0.15, 0.2) is 5.10 Å². The fourth-order valence-electron chi connectivity index (χ4n) is 1.03. The molecule has 3 atom stereocenters. The van der Waals surface area contributed by atoms with Crippen molar-refractivity contribution in [3.05, 3.63) is 0 Å². The molecule has 1 aliphatic heterocycles. The average Bonchev–Trinajstić information content (AvgIpc) is 2.30. The summed E-state index contributed by atoms with van der Waals surface area (Å²) in [6.45, 7) is 1.51. The van der Waals surface area contributed by atoms with Gasteiger partial charge in [0.05, 0.1) is 12.0 Å². The maximum Gasteiger partial charge on any atom is 0.151 e. The number of hydrogen-bond acceptors (Lipinski definition) is 5. The van der Waals surface area contributed by atoms with Gasteiger partial charge in [-0.25, -0.2) is 0 Å². The van der Waals surface area contributed by atoms with Gasteiger partial charge in [-0.2, -0.15) is 10.4 Å². The minimum absolute atomic E-state index is 0.146. The number of aliphatic hydroxyl groups is 2. The Morgan fingerprint density at radius 2 is 2.45 bits per heavy atom. The highest BCUT2D eigenvalue weighted by Crippen LogP contribution is 2.14. The summed E-state index contributed by atoms with van der Waals surface area (Å²) in [6.07, 6.45) is -1.71. The van der Waals surface area contributed by atoms with E-state index < -0.39 is 18.2 Å². The summed E-state index contributed by atoms with van der Waals surface area (Å²) in [7, 11) is 0. The molecule has 3 unspecified atom stereocenters. The van der Waals surface area contributed by atoms with E-state index in [4.69, 9.17) is 15.5 Å². The van der Waals surface area contributed by atoms with Gasteiger partial charge in [0.15, 0.2) is 6.23 Å². The van der Waals surface area contributed by atoms with Crippen molar-refractivity contribution in [2.24, 2.45) is 11.0 Å². The Bertz CT molecular complexity index is 218. The van der Waals surface area contributed by atoms with Crippen LogP contribution < -0.4 is 5.43 Å². The highest BCUT2D eigenvalue weighted by atomic mass is 16.3. The Labute approximate surface area is 64.0 Å². The van der Waals surface area contributed by atoms with Crippen molar-refractivity contribution >= 4 is 5.71 Å². The number of nitriles is 1. The van der Waals surface area contributed by atoms with Gasteiger partial charge in [-0.3, -0.25) is 5.43 Å². The number of rotatable bonds is 1. The normalized spacial score (nSPS) is 32.0. The van der Waals surface area contributed by atoms with Gasteiger partial charge in [0, 0.05) is 0 Å². The van der Waals surface area contributed by atoms with E-state index in [0.29, 0.717) is 0 Å².